The van der Waals surface area contributed by atoms with Crippen molar-refractivity contribution in [1.29, 1.82) is 0 Å². The lowest BCUT2D eigenvalue weighted by Crippen LogP contribution is -2.40. The Morgan fingerprint density at radius 1 is 1.08 bits per heavy atom. The molecule has 0 radical (unpaired) electrons. The second-order valence-electron chi connectivity index (χ2n) is 9.84. The van der Waals surface area contributed by atoms with Crippen molar-refractivity contribution in [2.45, 2.75) is 45.2 Å². The van der Waals surface area contributed by atoms with Crippen LogP contribution in [0.25, 0.3) is 27.7 Å². The second kappa shape index (κ2) is 9.23. The number of H-pyrrole nitrogens is 1. The van der Waals surface area contributed by atoms with Crippen LogP contribution in [0.2, 0.25) is 0 Å². The van der Waals surface area contributed by atoms with Crippen LogP contribution in [0, 0.1) is 0 Å². The summed E-state index contributed by atoms with van der Waals surface area (Å²) in [6, 6.07) is 15.1. The molecule has 9 nitrogen and oxygen atoms in total. The van der Waals surface area contributed by atoms with Crippen LogP contribution >= 0.6 is 0 Å². The van der Waals surface area contributed by atoms with Gasteiger partial charge in [0.2, 0.25) is 11.9 Å². The summed E-state index contributed by atoms with van der Waals surface area (Å²) in [6.07, 6.45) is 5.66. The highest BCUT2D eigenvalue weighted by atomic mass is 15.4. The quantitative estimate of drug-likeness (QED) is 0.331. The third-order valence-corrected chi connectivity index (χ3v) is 7.03. The number of aromatic amines is 1. The lowest BCUT2D eigenvalue weighted by atomic mass is 9.98. The SMILES string of the molecule is CC(C)c1cnn2c(NCc3ccccc3-c3ccc4[nH]ncc4c3)nc(N3CCC(N)CC3)nc12. The summed E-state index contributed by atoms with van der Waals surface area (Å²) in [5.41, 5.74) is 12.6. The molecule has 184 valence electrons. The van der Waals surface area contributed by atoms with E-state index in [1.807, 2.05) is 16.9 Å². The Morgan fingerprint density at radius 2 is 1.92 bits per heavy atom. The highest BCUT2D eigenvalue weighted by molar-refractivity contribution is 5.84. The van der Waals surface area contributed by atoms with E-state index in [-0.39, 0.29) is 6.04 Å². The van der Waals surface area contributed by atoms with Gasteiger partial charge >= 0.3 is 0 Å². The molecule has 4 N–H and O–H groups in total. The first-order chi connectivity index (χ1) is 17.6. The molecule has 0 aliphatic carbocycles. The molecule has 1 aliphatic rings. The Morgan fingerprint density at radius 3 is 2.75 bits per heavy atom. The van der Waals surface area contributed by atoms with E-state index >= 15 is 0 Å². The standard InChI is InChI=1S/C27H31N9/c1-17(2)23-16-31-36-25(23)32-27(35-11-9-21(28)10-12-35)33-26(36)29-14-19-5-3-4-6-22(19)18-7-8-24-20(13-18)15-30-34-24/h3-8,13,15-17,21H,9-12,14,28H2,1-2H3,(H,30,34)(H,29,32,33). The van der Waals surface area contributed by atoms with Gasteiger partial charge < -0.3 is 16.0 Å². The van der Waals surface area contributed by atoms with Gasteiger partial charge in [0.1, 0.15) is 0 Å². The van der Waals surface area contributed by atoms with Gasteiger partial charge in [0.05, 0.1) is 17.9 Å². The van der Waals surface area contributed by atoms with Crippen LogP contribution in [0.15, 0.2) is 54.9 Å². The van der Waals surface area contributed by atoms with Crippen molar-refractivity contribution in [1.82, 2.24) is 29.8 Å². The number of anilines is 2. The summed E-state index contributed by atoms with van der Waals surface area (Å²) in [5.74, 6) is 1.74. The first-order valence-corrected chi connectivity index (χ1v) is 12.6. The van der Waals surface area contributed by atoms with Crippen LogP contribution in [-0.2, 0) is 6.54 Å². The molecule has 36 heavy (non-hydrogen) atoms. The van der Waals surface area contributed by atoms with E-state index in [1.54, 1.807) is 0 Å². The van der Waals surface area contributed by atoms with Crippen LogP contribution in [0.1, 0.15) is 43.7 Å². The summed E-state index contributed by atoms with van der Waals surface area (Å²) in [4.78, 5) is 12.1. The second-order valence-corrected chi connectivity index (χ2v) is 9.84. The molecule has 0 amide bonds. The molecule has 3 aromatic heterocycles. The number of benzene rings is 2. The molecular formula is C27H31N9. The first-order valence-electron chi connectivity index (χ1n) is 12.6. The van der Waals surface area contributed by atoms with Crippen LogP contribution in [0.5, 0.6) is 0 Å². The van der Waals surface area contributed by atoms with Gasteiger partial charge in [-0.25, -0.2) is 0 Å². The minimum atomic E-state index is 0.251. The minimum absolute atomic E-state index is 0.251. The zero-order chi connectivity index (χ0) is 24.6. The third-order valence-electron chi connectivity index (χ3n) is 7.03. The van der Waals surface area contributed by atoms with Crippen molar-refractivity contribution in [2.75, 3.05) is 23.3 Å². The van der Waals surface area contributed by atoms with Crippen molar-refractivity contribution in [3.63, 3.8) is 0 Å². The minimum Gasteiger partial charge on any atom is -0.350 e. The molecule has 6 rings (SSSR count). The normalized spacial score (nSPS) is 14.8. The molecule has 0 spiro atoms. The molecule has 0 saturated carbocycles. The van der Waals surface area contributed by atoms with Crippen LogP contribution in [-0.4, -0.2) is 48.9 Å². The lowest BCUT2D eigenvalue weighted by Gasteiger charge is -2.30. The number of nitrogens with zero attached hydrogens (tertiary/aromatic N) is 6. The van der Waals surface area contributed by atoms with Gasteiger partial charge in [-0.05, 0) is 47.6 Å². The number of nitrogens with one attached hydrogen (secondary N) is 2. The van der Waals surface area contributed by atoms with Crippen molar-refractivity contribution < 1.29 is 0 Å². The van der Waals surface area contributed by atoms with Crippen LogP contribution in [0.3, 0.4) is 0 Å². The van der Waals surface area contributed by atoms with E-state index in [0.717, 1.165) is 59.6 Å². The Labute approximate surface area is 209 Å². The maximum Gasteiger partial charge on any atom is 0.230 e. The highest BCUT2D eigenvalue weighted by Gasteiger charge is 2.22. The summed E-state index contributed by atoms with van der Waals surface area (Å²) in [6.45, 7) is 6.66. The van der Waals surface area contributed by atoms with Gasteiger partial charge in [0.15, 0.2) is 5.65 Å². The monoisotopic (exact) mass is 481 g/mol. The van der Waals surface area contributed by atoms with E-state index < -0.39 is 0 Å². The fourth-order valence-corrected chi connectivity index (χ4v) is 4.89. The zero-order valence-electron chi connectivity index (χ0n) is 20.6. The molecule has 4 heterocycles. The Bertz CT molecular complexity index is 1510. The highest BCUT2D eigenvalue weighted by Crippen LogP contribution is 2.28. The number of fused-ring (bicyclic) bond motifs is 2. The number of rotatable bonds is 6. The fraction of sp³-hybridized carbons (Fsp3) is 0.333. The topological polar surface area (TPSA) is 113 Å². The van der Waals surface area contributed by atoms with Gasteiger partial charge in [-0.15, -0.1) is 0 Å². The number of hydrogen-bond acceptors (Lipinski definition) is 7. The predicted octanol–water partition coefficient (Wildman–Crippen LogP) is 4.33. The Balaban J connectivity index is 1.35. The van der Waals surface area contributed by atoms with Crippen molar-refractivity contribution in [3.05, 3.63) is 66.0 Å². The average Bonchev–Trinajstić information content (AvgIpc) is 3.54. The number of hydrogen-bond donors (Lipinski definition) is 3. The van der Waals surface area contributed by atoms with Gasteiger partial charge in [0.25, 0.3) is 0 Å². The smallest absolute Gasteiger partial charge is 0.230 e. The fourth-order valence-electron chi connectivity index (χ4n) is 4.89. The molecule has 0 unspecified atom stereocenters. The molecule has 1 saturated heterocycles. The number of aromatic nitrogens is 6. The molecule has 2 aromatic carbocycles. The molecule has 0 bridgehead atoms. The first kappa shape index (κ1) is 22.5. The largest absolute Gasteiger partial charge is 0.350 e. The van der Waals surface area contributed by atoms with E-state index in [1.165, 1.54) is 11.1 Å². The molecule has 1 aliphatic heterocycles. The molecule has 1 fully saturated rings. The average molecular weight is 482 g/mol. The summed E-state index contributed by atoms with van der Waals surface area (Å²) < 4.78 is 1.83. The van der Waals surface area contributed by atoms with Crippen molar-refractivity contribution in [3.8, 4) is 11.1 Å². The predicted molar refractivity (Wildman–Crippen MR) is 143 cm³/mol. The zero-order valence-corrected chi connectivity index (χ0v) is 20.6. The van der Waals surface area contributed by atoms with E-state index in [9.17, 15) is 0 Å². The molecule has 9 heteroatoms. The Hall–Kier alpha value is -3.98. The molecule has 0 atom stereocenters. The van der Waals surface area contributed by atoms with Gasteiger partial charge in [0, 0.05) is 36.6 Å². The number of nitrogens with two attached hydrogens (primary N) is 1. The van der Waals surface area contributed by atoms with Crippen LogP contribution < -0.4 is 16.0 Å². The maximum absolute atomic E-state index is 6.14. The lowest BCUT2D eigenvalue weighted by molar-refractivity contribution is 0.495. The van der Waals surface area contributed by atoms with E-state index in [4.69, 9.17) is 15.7 Å². The number of piperidine rings is 1. The molecular weight excluding hydrogens is 450 g/mol. The summed E-state index contributed by atoms with van der Waals surface area (Å²) >= 11 is 0. The van der Waals surface area contributed by atoms with Crippen LogP contribution in [0.4, 0.5) is 11.9 Å². The third kappa shape index (κ3) is 4.15. The van der Waals surface area contributed by atoms with Gasteiger partial charge in [-0.1, -0.05) is 44.2 Å². The van der Waals surface area contributed by atoms with Crippen molar-refractivity contribution in [2.24, 2.45) is 5.73 Å². The van der Waals surface area contributed by atoms with E-state index in [0.29, 0.717) is 18.4 Å². The Kier molecular flexibility index (Phi) is 5.77. The summed E-state index contributed by atoms with van der Waals surface area (Å²) in [5, 5.41) is 16.5. The van der Waals surface area contributed by atoms with Gasteiger partial charge in [-0.3, -0.25) is 5.10 Å². The van der Waals surface area contributed by atoms with E-state index in [2.05, 4.69) is 81.8 Å². The van der Waals surface area contributed by atoms with Crippen molar-refractivity contribution >= 4 is 28.4 Å². The molecule has 5 aromatic rings. The van der Waals surface area contributed by atoms with Gasteiger partial charge in [-0.2, -0.15) is 24.7 Å². The summed E-state index contributed by atoms with van der Waals surface area (Å²) in [7, 11) is 0. The maximum atomic E-state index is 6.14.